The molecule has 0 saturated carbocycles. The molecule has 122 valence electrons. The fourth-order valence-corrected chi connectivity index (χ4v) is 3.51. The van der Waals surface area contributed by atoms with Crippen LogP contribution in [-0.4, -0.2) is 18.8 Å². The zero-order chi connectivity index (χ0) is 16.7. The Bertz CT molecular complexity index is 663. The van der Waals surface area contributed by atoms with Crippen molar-refractivity contribution in [3.8, 4) is 5.75 Å². The van der Waals surface area contributed by atoms with Gasteiger partial charge < -0.3 is 10.1 Å². The van der Waals surface area contributed by atoms with Crippen molar-refractivity contribution in [1.29, 1.82) is 0 Å². The fraction of sp³-hybridized carbons (Fsp3) is 0.278. The highest BCUT2D eigenvalue weighted by atomic mass is 79.9. The van der Waals surface area contributed by atoms with E-state index < -0.39 is 0 Å². The van der Waals surface area contributed by atoms with Crippen LogP contribution in [0.15, 0.2) is 53.0 Å². The van der Waals surface area contributed by atoms with Crippen LogP contribution in [0.5, 0.6) is 5.75 Å². The summed E-state index contributed by atoms with van der Waals surface area (Å²) in [4.78, 5) is 12.1. The Hall–Kier alpha value is -1.46. The summed E-state index contributed by atoms with van der Waals surface area (Å²) in [7, 11) is 1.64. The molecule has 0 spiro atoms. The van der Waals surface area contributed by atoms with Crippen LogP contribution in [0.4, 0.5) is 0 Å². The van der Waals surface area contributed by atoms with E-state index in [1.165, 1.54) is 5.56 Å². The lowest BCUT2D eigenvalue weighted by molar-refractivity contribution is -0.119. The summed E-state index contributed by atoms with van der Waals surface area (Å²) in [6.45, 7) is 1.97. The van der Waals surface area contributed by atoms with Gasteiger partial charge in [-0.15, -0.1) is 11.8 Å². The van der Waals surface area contributed by atoms with E-state index in [1.807, 2.05) is 43.3 Å². The average Bonchev–Trinajstić information content (AvgIpc) is 2.54. The van der Waals surface area contributed by atoms with Gasteiger partial charge in [0.25, 0.3) is 0 Å². The predicted molar refractivity (Wildman–Crippen MR) is 99.9 cm³/mol. The van der Waals surface area contributed by atoms with Gasteiger partial charge >= 0.3 is 0 Å². The van der Waals surface area contributed by atoms with Crippen molar-refractivity contribution in [3.05, 3.63) is 64.1 Å². The third-order valence-corrected chi connectivity index (χ3v) is 4.87. The molecule has 2 aromatic rings. The first-order valence-electron chi connectivity index (χ1n) is 7.34. The molecule has 0 fully saturated rings. The first-order chi connectivity index (χ1) is 11.1. The summed E-state index contributed by atoms with van der Waals surface area (Å²) in [5.41, 5.74) is 2.19. The largest absolute Gasteiger partial charge is 0.496 e. The highest BCUT2D eigenvalue weighted by Gasteiger charge is 2.13. The van der Waals surface area contributed by atoms with Crippen LogP contribution in [0.3, 0.4) is 0 Å². The van der Waals surface area contributed by atoms with Gasteiger partial charge in [-0.2, -0.15) is 0 Å². The van der Waals surface area contributed by atoms with Crippen molar-refractivity contribution in [2.45, 2.75) is 18.7 Å². The summed E-state index contributed by atoms with van der Waals surface area (Å²) in [5.74, 6) is 2.08. The second-order valence-electron chi connectivity index (χ2n) is 5.15. The molecular weight excluding hydrogens is 374 g/mol. The molecule has 0 aliphatic rings. The molecule has 1 amide bonds. The summed E-state index contributed by atoms with van der Waals surface area (Å²) < 4.78 is 6.40. The number of methoxy groups -OCH3 is 1. The SMILES string of the molecule is COc1ccccc1C(C)NC(=O)CSCc1cccc(Br)c1. The quantitative estimate of drug-likeness (QED) is 0.748. The molecule has 0 aromatic heterocycles. The van der Waals surface area contributed by atoms with Gasteiger partial charge in [0.15, 0.2) is 0 Å². The highest BCUT2D eigenvalue weighted by molar-refractivity contribution is 9.10. The number of rotatable bonds is 7. The van der Waals surface area contributed by atoms with E-state index in [0.29, 0.717) is 5.75 Å². The molecule has 2 rings (SSSR count). The van der Waals surface area contributed by atoms with E-state index in [0.717, 1.165) is 21.5 Å². The number of halogens is 1. The number of carbonyl (C=O) groups is 1. The van der Waals surface area contributed by atoms with E-state index in [4.69, 9.17) is 4.74 Å². The van der Waals surface area contributed by atoms with Gasteiger partial charge in [0, 0.05) is 15.8 Å². The number of thioether (sulfide) groups is 1. The van der Waals surface area contributed by atoms with Crippen LogP contribution in [0.25, 0.3) is 0 Å². The molecule has 3 nitrogen and oxygen atoms in total. The van der Waals surface area contributed by atoms with Crippen LogP contribution in [0.2, 0.25) is 0 Å². The topological polar surface area (TPSA) is 38.3 Å². The minimum atomic E-state index is -0.0786. The Morgan fingerprint density at radius 1 is 1.26 bits per heavy atom. The van der Waals surface area contributed by atoms with Gasteiger partial charge in [-0.1, -0.05) is 46.3 Å². The number of para-hydroxylation sites is 1. The minimum Gasteiger partial charge on any atom is -0.496 e. The van der Waals surface area contributed by atoms with Crippen LogP contribution in [0.1, 0.15) is 24.1 Å². The number of benzene rings is 2. The highest BCUT2D eigenvalue weighted by Crippen LogP contribution is 2.24. The van der Waals surface area contributed by atoms with E-state index in [2.05, 4.69) is 33.4 Å². The van der Waals surface area contributed by atoms with E-state index in [9.17, 15) is 4.79 Å². The molecule has 1 N–H and O–H groups in total. The maximum atomic E-state index is 12.1. The lowest BCUT2D eigenvalue weighted by Crippen LogP contribution is -2.28. The van der Waals surface area contributed by atoms with Crippen molar-refractivity contribution in [2.24, 2.45) is 0 Å². The van der Waals surface area contributed by atoms with Gasteiger partial charge in [0.2, 0.25) is 5.91 Å². The van der Waals surface area contributed by atoms with E-state index in [-0.39, 0.29) is 11.9 Å². The Labute approximate surface area is 149 Å². The van der Waals surface area contributed by atoms with Crippen LogP contribution in [-0.2, 0) is 10.5 Å². The summed E-state index contributed by atoms with van der Waals surface area (Å²) in [5, 5.41) is 3.02. The Morgan fingerprint density at radius 2 is 2.04 bits per heavy atom. The van der Waals surface area contributed by atoms with Crippen molar-refractivity contribution in [3.63, 3.8) is 0 Å². The van der Waals surface area contributed by atoms with Crippen molar-refractivity contribution in [2.75, 3.05) is 12.9 Å². The summed E-state index contributed by atoms with van der Waals surface area (Å²) in [6, 6.07) is 15.8. The number of hydrogen-bond acceptors (Lipinski definition) is 3. The molecule has 5 heteroatoms. The van der Waals surface area contributed by atoms with Gasteiger partial charge in [0.05, 0.1) is 18.9 Å². The van der Waals surface area contributed by atoms with Crippen LogP contribution in [0, 0.1) is 0 Å². The fourth-order valence-electron chi connectivity index (χ4n) is 2.27. The van der Waals surface area contributed by atoms with Gasteiger partial charge in [-0.25, -0.2) is 0 Å². The lowest BCUT2D eigenvalue weighted by Gasteiger charge is -2.17. The molecular formula is C18H20BrNO2S. The number of nitrogens with one attached hydrogen (secondary N) is 1. The molecule has 0 bridgehead atoms. The standard InChI is InChI=1S/C18H20BrNO2S/c1-13(16-8-3-4-9-17(16)22-2)20-18(21)12-23-11-14-6-5-7-15(19)10-14/h3-10,13H,11-12H2,1-2H3,(H,20,21). The molecule has 0 radical (unpaired) electrons. The molecule has 0 saturated heterocycles. The number of hydrogen-bond donors (Lipinski definition) is 1. The van der Waals surface area contributed by atoms with Crippen molar-refractivity contribution >= 4 is 33.6 Å². The summed E-state index contributed by atoms with van der Waals surface area (Å²) >= 11 is 5.06. The second kappa shape index (κ2) is 8.99. The molecule has 1 unspecified atom stereocenters. The summed E-state index contributed by atoms with van der Waals surface area (Å²) in [6.07, 6.45) is 0. The Balaban J connectivity index is 1.82. The average molecular weight is 394 g/mol. The van der Waals surface area contributed by atoms with E-state index in [1.54, 1.807) is 18.9 Å². The zero-order valence-corrected chi connectivity index (χ0v) is 15.6. The Morgan fingerprint density at radius 3 is 2.78 bits per heavy atom. The lowest BCUT2D eigenvalue weighted by atomic mass is 10.1. The van der Waals surface area contributed by atoms with Gasteiger partial charge in [-0.3, -0.25) is 4.79 Å². The van der Waals surface area contributed by atoms with Crippen LogP contribution < -0.4 is 10.1 Å². The predicted octanol–water partition coefficient (Wildman–Crippen LogP) is 4.57. The first kappa shape index (κ1) is 17.9. The molecule has 1 atom stereocenters. The zero-order valence-electron chi connectivity index (χ0n) is 13.2. The Kier molecular flexibility index (Phi) is 6.99. The maximum Gasteiger partial charge on any atom is 0.230 e. The first-order valence-corrected chi connectivity index (χ1v) is 9.29. The third-order valence-electron chi connectivity index (χ3n) is 3.37. The normalized spacial score (nSPS) is 11.8. The molecule has 0 aliphatic carbocycles. The third kappa shape index (κ3) is 5.59. The smallest absolute Gasteiger partial charge is 0.230 e. The van der Waals surface area contributed by atoms with Crippen molar-refractivity contribution < 1.29 is 9.53 Å². The monoisotopic (exact) mass is 393 g/mol. The second-order valence-corrected chi connectivity index (χ2v) is 7.06. The molecule has 0 aliphatic heterocycles. The van der Waals surface area contributed by atoms with Crippen LogP contribution >= 0.6 is 27.7 Å². The molecule has 23 heavy (non-hydrogen) atoms. The van der Waals surface area contributed by atoms with E-state index >= 15 is 0 Å². The number of ether oxygens (including phenoxy) is 1. The maximum absolute atomic E-state index is 12.1. The van der Waals surface area contributed by atoms with Gasteiger partial charge in [0.1, 0.15) is 5.75 Å². The number of amides is 1. The molecule has 0 heterocycles. The van der Waals surface area contributed by atoms with Crippen molar-refractivity contribution in [1.82, 2.24) is 5.32 Å². The minimum absolute atomic E-state index is 0.0309. The van der Waals surface area contributed by atoms with Gasteiger partial charge in [-0.05, 0) is 30.7 Å². The molecule has 2 aromatic carbocycles. The number of carbonyl (C=O) groups excluding carboxylic acids is 1.